The molecule has 0 bridgehead atoms. The Kier molecular flexibility index (Phi) is 4.61. The molecule has 1 aromatic rings. The Morgan fingerprint density at radius 2 is 2.00 bits per heavy atom. The van der Waals surface area contributed by atoms with Gasteiger partial charge in [0.2, 0.25) is 0 Å². The van der Waals surface area contributed by atoms with E-state index in [-0.39, 0.29) is 0 Å². The third-order valence-electron chi connectivity index (χ3n) is 5.03. The van der Waals surface area contributed by atoms with Gasteiger partial charge >= 0.3 is 0 Å². The number of aryl methyl sites for hydroxylation is 1. The SMILES string of the molecule is CCCc1nc(NC)cc(N2CCCC2C2CCCC2)n1. The number of aromatic nitrogens is 2. The van der Waals surface area contributed by atoms with Crippen molar-refractivity contribution in [1.29, 1.82) is 0 Å². The number of nitrogens with one attached hydrogen (secondary N) is 1. The molecule has 1 saturated carbocycles. The number of nitrogens with zero attached hydrogens (tertiary/aromatic N) is 3. The van der Waals surface area contributed by atoms with Gasteiger partial charge in [0.1, 0.15) is 17.5 Å². The molecule has 1 saturated heterocycles. The highest BCUT2D eigenvalue weighted by molar-refractivity contribution is 5.50. The van der Waals surface area contributed by atoms with E-state index in [0.29, 0.717) is 6.04 Å². The topological polar surface area (TPSA) is 41.1 Å². The molecule has 1 unspecified atom stereocenters. The number of hydrogen-bond donors (Lipinski definition) is 1. The third-order valence-corrected chi connectivity index (χ3v) is 5.03. The van der Waals surface area contributed by atoms with E-state index in [1.54, 1.807) is 0 Å². The molecule has 4 heteroatoms. The summed E-state index contributed by atoms with van der Waals surface area (Å²) < 4.78 is 0. The minimum atomic E-state index is 0.710. The van der Waals surface area contributed by atoms with Crippen molar-refractivity contribution >= 4 is 11.6 Å². The van der Waals surface area contributed by atoms with E-state index in [4.69, 9.17) is 4.98 Å². The molecule has 1 aliphatic carbocycles. The van der Waals surface area contributed by atoms with E-state index < -0.39 is 0 Å². The fourth-order valence-corrected chi connectivity index (χ4v) is 4.00. The highest BCUT2D eigenvalue weighted by atomic mass is 15.2. The number of rotatable bonds is 5. The van der Waals surface area contributed by atoms with Gasteiger partial charge in [-0.3, -0.25) is 0 Å². The second-order valence-corrected chi connectivity index (χ2v) is 6.48. The van der Waals surface area contributed by atoms with E-state index in [1.807, 2.05) is 7.05 Å². The Hall–Kier alpha value is -1.32. The Labute approximate surface area is 128 Å². The van der Waals surface area contributed by atoms with Crippen molar-refractivity contribution in [2.75, 3.05) is 23.8 Å². The van der Waals surface area contributed by atoms with Crippen molar-refractivity contribution in [2.24, 2.45) is 5.92 Å². The molecule has 4 nitrogen and oxygen atoms in total. The van der Waals surface area contributed by atoms with E-state index >= 15 is 0 Å². The molecular formula is C17H28N4. The van der Waals surface area contributed by atoms with Gasteiger partial charge in [-0.05, 0) is 38.0 Å². The van der Waals surface area contributed by atoms with Gasteiger partial charge in [-0.15, -0.1) is 0 Å². The van der Waals surface area contributed by atoms with E-state index in [1.165, 1.54) is 38.5 Å². The summed E-state index contributed by atoms with van der Waals surface area (Å²) in [6.45, 7) is 3.35. The summed E-state index contributed by atoms with van der Waals surface area (Å²) in [4.78, 5) is 12.0. The van der Waals surface area contributed by atoms with Crippen LogP contribution in [0.1, 0.15) is 57.7 Å². The van der Waals surface area contributed by atoms with Gasteiger partial charge in [-0.2, -0.15) is 0 Å². The summed E-state index contributed by atoms with van der Waals surface area (Å²) in [6.07, 6.45) is 10.4. The van der Waals surface area contributed by atoms with Gasteiger partial charge in [0.05, 0.1) is 0 Å². The maximum absolute atomic E-state index is 4.85. The van der Waals surface area contributed by atoms with Crippen LogP contribution in [0, 0.1) is 5.92 Å². The first kappa shape index (κ1) is 14.6. The normalized spacial score (nSPS) is 23.0. The quantitative estimate of drug-likeness (QED) is 0.898. The lowest BCUT2D eigenvalue weighted by Gasteiger charge is -2.30. The molecule has 0 amide bonds. The lowest BCUT2D eigenvalue weighted by atomic mass is 9.96. The Morgan fingerprint density at radius 1 is 1.19 bits per heavy atom. The van der Waals surface area contributed by atoms with Crippen LogP contribution in [0.25, 0.3) is 0 Å². The first-order chi connectivity index (χ1) is 10.3. The summed E-state index contributed by atoms with van der Waals surface area (Å²) in [6, 6.07) is 2.84. The first-order valence-corrected chi connectivity index (χ1v) is 8.64. The average molecular weight is 288 g/mol. The van der Waals surface area contributed by atoms with Crippen molar-refractivity contribution < 1.29 is 0 Å². The molecule has 0 radical (unpaired) electrons. The predicted molar refractivity (Wildman–Crippen MR) is 87.9 cm³/mol. The summed E-state index contributed by atoms with van der Waals surface area (Å²) >= 11 is 0. The zero-order valence-electron chi connectivity index (χ0n) is 13.4. The molecule has 1 aromatic heterocycles. The van der Waals surface area contributed by atoms with Crippen LogP contribution in [-0.4, -0.2) is 29.6 Å². The molecule has 1 N–H and O–H groups in total. The van der Waals surface area contributed by atoms with Crippen molar-refractivity contribution in [2.45, 2.75) is 64.3 Å². The van der Waals surface area contributed by atoms with Crippen LogP contribution in [-0.2, 0) is 6.42 Å². The van der Waals surface area contributed by atoms with Crippen molar-refractivity contribution in [3.05, 3.63) is 11.9 Å². The van der Waals surface area contributed by atoms with Crippen LogP contribution < -0.4 is 10.2 Å². The fraction of sp³-hybridized carbons (Fsp3) is 0.765. The Balaban J connectivity index is 1.85. The fourth-order valence-electron chi connectivity index (χ4n) is 4.00. The second-order valence-electron chi connectivity index (χ2n) is 6.48. The standard InChI is InChI=1S/C17H28N4/c1-3-7-15-19-16(18-2)12-17(20-15)21-11-6-10-14(21)13-8-4-5-9-13/h12-14H,3-11H2,1-2H3,(H,18,19,20). The lowest BCUT2D eigenvalue weighted by molar-refractivity contribution is 0.429. The molecule has 21 heavy (non-hydrogen) atoms. The Bertz CT molecular complexity index is 468. The highest BCUT2D eigenvalue weighted by Gasteiger charge is 2.34. The Morgan fingerprint density at radius 3 is 2.71 bits per heavy atom. The van der Waals surface area contributed by atoms with Crippen molar-refractivity contribution in [3.8, 4) is 0 Å². The largest absolute Gasteiger partial charge is 0.373 e. The average Bonchev–Trinajstić information content (AvgIpc) is 3.17. The van der Waals surface area contributed by atoms with Crippen LogP contribution in [0.4, 0.5) is 11.6 Å². The molecule has 1 aliphatic heterocycles. The maximum atomic E-state index is 4.85. The van der Waals surface area contributed by atoms with Crippen molar-refractivity contribution in [1.82, 2.24) is 9.97 Å². The molecule has 0 aromatic carbocycles. The zero-order valence-corrected chi connectivity index (χ0v) is 13.4. The third kappa shape index (κ3) is 3.14. The van der Waals surface area contributed by atoms with Gasteiger partial charge in [0.15, 0.2) is 0 Å². The highest BCUT2D eigenvalue weighted by Crippen LogP contribution is 2.37. The van der Waals surface area contributed by atoms with Crippen molar-refractivity contribution in [3.63, 3.8) is 0 Å². The van der Waals surface area contributed by atoms with E-state index in [9.17, 15) is 0 Å². The minimum absolute atomic E-state index is 0.710. The lowest BCUT2D eigenvalue weighted by Crippen LogP contribution is -2.35. The molecular weight excluding hydrogens is 260 g/mol. The molecule has 1 atom stereocenters. The number of anilines is 2. The van der Waals surface area contributed by atoms with Crippen LogP contribution in [0.15, 0.2) is 6.07 Å². The van der Waals surface area contributed by atoms with E-state index in [2.05, 4.69) is 28.2 Å². The van der Waals surface area contributed by atoms with Crippen LogP contribution in [0.2, 0.25) is 0 Å². The first-order valence-electron chi connectivity index (χ1n) is 8.64. The molecule has 2 heterocycles. The maximum Gasteiger partial charge on any atom is 0.134 e. The van der Waals surface area contributed by atoms with Gasteiger partial charge in [0, 0.05) is 32.1 Å². The van der Waals surface area contributed by atoms with Gasteiger partial charge in [-0.1, -0.05) is 19.8 Å². The zero-order chi connectivity index (χ0) is 14.7. The monoisotopic (exact) mass is 288 g/mol. The van der Waals surface area contributed by atoms with Crippen LogP contribution in [0.3, 0.4) is 0 Å². The molecule has 2 fully saturated rings. The molecule has 3 rings (SSSR count). The number of hydrogen-bond acceptors (Lipinski definition) is 4. The second kappa shape index (κ2) is 6.63. The summed E-state index contributed by atoms with van der Waals surface area (Å²) in [5, 5.41) is 3.20. The summed E-state index contributed by atoms with van der Waals surface area (Å²) in [7, 11) is 1.94. The van der Waals surface area contributed by atoms with Gasteiger partial charge in [-0.25, -0.2) is 9.97 Å². The smallest absolute Gasteiger partial charge is 0.134 e. The molecule has 0 spiro atoms. The summed E-state index contributed by atoms with van der Waals surface area (Å²) in [5.74, 6) is 3.97. The van der Waals surface area contributed by atoms with Gasteiger partial charge in [0.25, 0.3) is 0 Å². The molecule has 116 valence electrons. The van der Waals surface area contributed by atoms with E-state index in [0.717, 1.165) is 42.8 Å². The van der Waals surface area contributed by atoms with Crippen LogP contribution in [0.5, 0.6) is 0 Å². The predicted octanol–water partition coefficient (Wildman–Crippen LogP) is 3.63. The minimum Gasteiger partial charge on any atom is -0.373 e. The van der Waals surface area contributed by atoms with Crippen LogP contribution >= 0.6 is 0 Å². The van der Waals surface area contributed by atoms with Gasteiger partial charge < -0.3 is 10.2 Å². The molecule has 2 aliphatic rings. The summed E-state index contributed by atoms with van der Waals surface area (Å²) in [5.41, 5.74) is 0.